The van der Waals surface area contributed by atoms with Crippen molar-refractivity contribution >= 4 is 36.0 Å². The molecule has 4 unspecified atom stereocenters. The van der Waals surface area contributed by atoms with Gasteiger partial charge in [0.25, 0.3) is 0 Å². The molecule has 0 spiro atoms. The Bertz CT molecular complexity index is 663. The maximum absolute atomic E-state index is 13.8. The Balaban J connectivity index is 0.00000243. The number of benzene rings is 1. The Morgan fingerprint density at radius 2 is 2.15 bits per heavy atom. The van der Waals surface area contributed by atoms with Gasteiger partial charge in [0, 0.05) is 18.3 Å². The summed E-state index contributed by atoms with van der Waals surface area (Å²) in [6.45, 7) is 3.25. The van der Waals surface area contributed by atoms with Crippen molar-refractivity contribution in [3.05, 3.63) is 35.6 Å². The number of nitrogens with one attached hydrogen (secondary N) is 1. The lowest BCUT2D eigenvalue weighted by atomic mass is 10.1. The van der Waals surface area contributed by atoms with Crippen LogP contribution in [0.25, 0.3) is 0 Å². The minimum absolute atomic E-state index is 0. The van der Waals surface area contributed by atoms with E-state index in [9.17, 15) is 14.0 Å². The fourth-order valence-electron chi connectivity index (χ4n) is 3.56. The molecule has 144 valence electrons. The highest BCUT2D eigenvalue weighted by Gasteiger charge is 2.39. The zero-order valence-electron chi connectivity index (χ0n) is 14.7. The van der Waals surface area contributed by atoms with Crippen molar-refractivity contribution in [2.75, 3.05) is 18.8 Å². The van der Waals surface area contributed by atoms with Crippen LogP contribution in [0.2, 0.25) is 0 Å². The monoisotopic (exact) mass is 401 g/mol. The number of rotatable bonds is 4. The van der Waals surface area contributed by atoms with Gasteiger partial charge in [0.2, 0.25) is 11.8 Å². The molecule has 5 nitrogen and oxygen atoms in total. The number of nitrogens with zero attached hydrogens (tertiary/aromatic N) is 1. The summed E-state index contributed by atoms with van der Waals surface area (Å²) in [6, 6.07) is 6.13. The topological polar surface area (TPSA) is 75.4 Å². The SMILES string of the molecule is CC1CC(CN)CN1C(=O)C1CSC(Cc2ccccc2F)C(=O)N1.Cl. The number of amides is 2. The minimum atomic E-state index is -0.506. The largest absolute Gasteiger partial charge is 0.343 e. The Kier molecular flexibility index (Phi) is 7.32. The Labute approximate surface area is 163 Å². The highest BCUT2D eigenvalue weighted by Crippen LogP contribution is 2.27. The van der Waals surface area contributed by atoms with Crippen LogP contribution in [0, 0.1) is 11.7 Å². The van der Waals surface area contributed by atoms with Gasteiger partial charge in [0.15, 0.2) is 0 Å². The van der Waals surface area contributed by atoms with Crippen molar-refractivity contribution < 1.29 is 14.0 Å². The van der Waals surface area contributed by atoms with Crippen LogP contribution in [0.15, 0.2) is 24.3 Å². The normalized spacial score (nSPS) is 28.4. The number of thioether (sulfide) groups is 1. The summed E-state index contributed by atoms with van der Waals surface area (Å²) < 4.78 is 13.8. The van der Waals surface area contributed by atoms with Crippen LogP contribution in [0.3, 0.4) is 0 Å². The second kappa shape index (κ2) is 9.06. The summed E-state index contributed by atoms with van der Waals surface area (Å²) in [5.41, 5.74) is 6.25. The molecule has 3 rings (SSSR count). The lowest BCUT2D eigenvalue weighted by molar-refractivity contribution is -0.136. The summed E-state index contributed by atoms with van der Waals surface area (Å²) in [5.74, 6) is 0.321. The van der Waals surface area contributed by atoms with Gasteiger partial charge >= 0.3 is 0 Å². The van der Waals surface area contributed by atoms with Crippen molar-refractivity contribution in [3.63, 3.8) is 0 Å². The Morgan fingerprint density at radius 3 is 2.77 bits per heavy atom. The van der Waals surface area contributed by atoms with Crippen molar-refractivity contribution in [1.29, 1.82) is 0 Å². The van der Waals surface area contributed by atoms with Crippen molar-refractivity contribution in [2.24, 2.45) is 11.7 Å². The van der Waals surface area contributed by atoms with Gasteiger partial charge in [-0.1, -0.05) is 18.2 Å². The molecule has 2 fully saturated rings. The zero-order valence-corrected chi connectivity index (χ0v) is 16.3. The number of hydrogen-bond donors (Lipinski definition) is 2. The first-order valence-corrected chi connectivity index (χ1v) is 9.70. The smallest absolute Gasteiger partial charge is 0.246 e. The maximum Gasteiger partial charge on any atom is 0.246 e. The minimum Gasteiger partial charge on any atom is -0.343 e. The molecule has 2 heterocycles. The molecular formula is C18H25ClFN3O2S. The molecule has 1 aromatic rings. The van der Waals surface area contributed by atoms with Crippen LogP contribution < -0.4 is 11.1 Å². The number of nitrogens with two attached hydrogens (primary N) is 1. The second-order valence-electron chi connectivity index (χ2n) is 6.86. The highest BCUT2D eigenvalue weighted by molar-refractivity contribution is 8.00. The van der Waals surface area contributed by atoms with E-state index in [1.165, 1.54) is 17.8 Å². The molecule has 26 heavy (non-hydrogen) atoms. The highest BCUT2D eigenvalue weighted by atomic mass is 35.5. The lowest BCUT2D eigenvalue weighted by Crippen LogP contribution is -2.56. The molecule has 0 bridgehead atoms. The summed E-state index contributed by atoms with van der Waals surface area (Å²) >= 11 is 1.43. The third-order valence-electron chi connectivity index (χ3n) is 5.01. The van der Waals surface area contributed by atoms with E-state index >= 15 is 0 Å². The lowest BCUT2D eigenvalue weighted by Gasteiger charge is -2.32. The molecule has 2 saturated heterocycles. The van der Waals surface area contributed by atoms with Crippen LogP contribution in [-0.4, -0.2) is 52.9 Å². The van der Waals surface area contributed by atoms with E-state index in [0.29, 0.717) is 36.7 Å². The summed E-state index contributed by atoms with van der Waals surface area (Å²) in [7, 11) is 0. The summed E-state index contributed by atoms with van der Waals surface area (Å²) in [4.78, 5) is 27.0. The molecule has 1 aromatic carbocycles. The van der Waals surface area contributed by atoms with Crippen LogP contribution in [0.4, 0.5) is 4.39 Å². The number of hydrogen-bond acceptors (Lipinski definition) is 4. The summed E-state index contributed by atoms with van der Waals surface area (Å²) in [5, 5.41) is 2.46. The van der Waals surface area contributed by atoms with Gasteiger partial charge < -0.3 is 16.0 Å². The van der Waals surface area contributed by atoms with Gasteiger partial charge in [-0.15, -0.1) is 24.2 Å². The van der Waals surface area contributed by atoms with Crippen LogP contribution in [-0.2, 0) is 16.0 Å². The quantitative estimate of drug-likeness (QED) is 0.803. The molecule has 0 aromatic heterocycles. The Morgan fingerprint density at radius 1 is 1.42 bits per heavy atom. The molecule has 3 N–H and O–H groups in total. The van der Waals surface area contributed by atoms with Gasteiger partial charge in [-0.25, -0.2) is 4.39 Å². The molecule has 2 amide bonds. The molecule has 0 saturated carbocycles. The van der Waals surface area contributed by atoms with Crippen LogP contribution in [0.1, 0.15) is 18.9 Å². The molecule has 0 aliphatic carbocycles. The van der Waals surface area contributed by atoms with Gasteiger partial charge in [0.05, 0.1) is 5.25 Å². The van der Waals surface area contributed by atoms with Crippen LogP contribution in [0.5, 0.6) is 0 Å². The van der Waals surface area contributed by atoms with Crippen molar-refractivity contribution in [1.82, 2.24) is 10.2 Å². The van der Waals surface area contributed by atoms with E-state index in [1.807, 2.05) is 11.8 Å². The number of carbonyl (C=O) groups excluding carboxylic acids is 2. The van der Waals surface area contributed by atoms with Crippen LogP contribution >= 0.6 is 24.2 Å². The number of likely N-dealkylation sites (tertiary alicyclic amines) is 1. The van der Waals surface area contributed by atoms with Gasteiger partial charge in [-0.3, -0.25) is 9.59 Å². The average molecular weight is 402 g/mol. The molecule has 0 radical (unpaired) electrons. The van der Waals surface area contributed by atoms with E-state index < -0.39 is 6.04 Å². The third-order valence-corrected chi connectivity index (χ3v) is 6.32. The molecule has 8 heteroatoms. The fourth-order valence-corrected chi connectivity index (χ4v) is 4.73. The zero-order chi connectivity index (χ0) is 18.0. The molecule has 4 atom stereocenters. The molecule has 2 aliphatic rings. The first-order valence-electron chi connectivity index (χ1n) is 8.65. The predicted molar refractivity (Wildman–Crippen MR) is 104 cm³/mol. The average Bonchev–Trinajstić information content (AvgIpc) is 2.99. The molecule has 2 aliphatic heterocycles. The number of carbonyl (C=O) groups is 2. The first-order chi connectivity index (χ1) is 12.0. The third kappa shape index (κ3) is 4.50. The van der Waals surface area contributed by atoms with E-state index in [4.69, 9.17) is 5.73 Å². The molecular weight excluding hydrogens is 377 g/mol. The van der Waals surface area contributed by atoms with Gasteiger partial charge in [-0.2, -0.15) is 0 Å². The second-order valence-corrected chi connectivity index (χ2v) is 8.09. The standard InChI is InChI=1S/C18H24FN3O2S.ClH/c1-11-6-12(8-20)9-22(11)18(24)15-10-25-16(17(23)21-15)7-13-4-2-3-5-14(13)19;/h2-5,11-12,15-16H,6-10,20H2,1H3,(H,21,23);1H. The van der Waals surface area contributed by atoms with Gasteiger partial charge in [-0.05, 0) is 43.9 Å². The first kappa shape index (κ1) is 21.0. The van der Waals surface area contributed by atoms with E-state index in [1.54, 1.807) is 18.2 Å². The van der Waals surface area contributed by atoms with Crippen molar-refractivity contribution in [2.45, 2.75) is 37.1 Å². The van der Waals surface area contributed by atoms with E-state index in [2.05, 4.69) is 5.32 Å². The van der Waals surface area contributed by atoms with E-state index in [-0.39, 0.29) is 41.3 Å². The maximum atomic E-state index is 13.8. The Hall–Kier alpha value is -1.31. The van der Waals surface area contributed by atoms with Crippen molar-refractivity contribution in [3.8, 4) is 0 Å². The van der Waals surface area contributed by atoms with Gasteiger partial charge in [0.1, 0.15) is 11.9 Å². The fraction of sp³-hybridized carbons (Fsp3) is 0.556. The predicted octanol–water partition coefficient (Wildman–Crippen LogP) is 1.59. The number of halogens is 2. The summed E-state index contributed by atoms with van der Waals surface area (Å²) in [6.07, 6.45) is 1.24. The van der Waals surface area contributed by atoms with E-state index in [0.717, 1.165) is 6.42 Å².